The molecule has 0 N–H and O–H groups in total. The average molecular weight is 460 g/mol. The molecule has 30 heavy (non-hydrogen) atoms. The van der Waals surface area contributed by atoms with Gasteiger partial charge in [0.25, 0.3) is 0 Å². The Kier molecular flexibility index (Phi) is 6.80. The van der Waals surface area contributed by atoms with Crippen LogP contribution in [0.15, 0.2) is 73.2 Å². The maximum absolute atomic E-state index is 4.04. The van der Waals surface area contributed by atoms with E-state index in [0.29, 0.717) is 0 Å². The fourth-order valence-corrected chi connectivity index (χ4v) is 3.67. The Morgan fingerprint density at radius 3 is 2.40 bits per heavy atom. The number of hydrogen-bond donors (Lipinski definition) is 0. The van der Waals surface area contributed by atoms with Gasteiger partial charge >= 0.3 is 6.33 Å². The van der Waals surface area contributed by atoms with Crippen LogP contribution in [0, 0.1) is 19.1 Å². The largest absolute Gasteiger partial charge is 0.308 e. The van der Waals surface area contributed by atoms with Gasteiger partial charge in [0.1, 0.15) is 0 Å². The quantitative estimate of drug-likeness (QED) is 0.169. The van der Waals surface area contributed by atoms with Crippen LogP contribution in [0.5, 0.6) is 0 Å². The van der Waals surface area contributed by atoms with Crippen molar-refractivity contribution in [2.75, 3.05) is 0 Å². The zero-order valence-electron chi connectivity index (χ0n) is 16.9. The zero-order chi connectivity index (χ0) is 19.1. The van der Waals surface area contributed by atoms with E-state index in [-0.39, 0.29) is 41.1 Å². The standard InChI is InChI=1S/C25H18N3.B.Y/c1-17-7-8-20(14-24(17)25-15-26-27-16-28(25)2)19-11-12-23-21(13-19)10-9-18-5-3-4-6-22(18)23;;/h3-12,15-16H,1-2H3;;/q-1;;. The van der Waals surface area contributed by atoms with Crippen molar-refractivity contribution in [1.82, 2.24) is 10.2 Å². The molecule has 0 amide bonds. The zero-order valence-corrected chi connectivity index (χ0v) is 19.8. The van der Waals surface area contributed by atoms with E-state index in [1.54, 1.807) is 12.5 Å². The third kappa shape index (κ3) is 3.95. The number of benzene rings is 4. The summed E-state index contributed by atoms with van der Waals surface area (Å²) < 4.78 is 1.96. The fraction of sp³-hybridized carbons (Fsp3) is 0.0800. The summed E-state index contributed by atoms with van der Waals surface area (Å²) in [5.74, 6) is 0. The van der Waals surface area contributed by atoms with Crippen molar-refractivity contribution in [2.45, 2.75) is 6.92 Å². The number of rotatable bonds is 2. The van der Waals surface area contributed by atoms with Crippen molar-refractivity contribution < 1.29 is 37.3 Å². The molecule has 5 heteroatoms. The first-order valence-corrected chi connectivity index (χ1v) is 9.24. The minimum absolute atomic E-state index is 0. The van der Waals surface area contributed by atoms with E-state index in [2.05, 4.69) is 89.9 Å². The molecule has 0 aliphatic carbocycles. The van der Waals surface area contributed by atoms with Crippen LogP contribution in [0.1, 0.15) is 5.56 Å². The molecule has 0 aliphatic rings. The van der Waals surface area contributed by atoms with Gasteiger partial charge in [0.15, 0.2) is 0 Å². The molecule has 140 valence electrons. The van der Waals surface area contributed by atoms with Gasteiger partial charge in [0.2, 0.25) is 0 Å². The first-order valence-electron chi connectivity index (χ1n) is 9.24. The molecule has 0 saturated carbocycles. The average Bonchev–Trinajstić information content (AvgIpc) is 2.74. The van der Waals surface area contributed by atoms with E-state index in [4.69, 9.17) is 0 Å². The van der Waals surface area contributed by atoms with Crippen molar-refractivity contribution in [3.63, 3.8) is 0 Å². The summed E-state index contributed by atoms with van der Waals surface area (Å²) in [5.41, 5.74) is 5.23. The summed E-state index contributed by atoms with van der Waals surface area (Å²) in [7, 11) is 1.97. The molecule has 0 spiro atoms. The smallest absolute Gasteiger partial charge is 0.262 e. The Bertz CT molecular complexity index is 1350. The van der Waals surface area contributed by atoms with E-state index in [0.717, 1.165) is 33.3 Å². The van der Waals surface area contributed by atoms with Gasteiger partial charge in [-0.15, -0.1) is 29.1 Å². The Balaban J connectivity index is 0.00000128. The molecule has 0 aliphatic heterocycles. The molecule has 0 atom stereocenters. The summed E-state index contributed by atoms with van der Waals surface area (Å²) in [4.78, 5) is 0. The minimum atomic E-state index is 0. The van der Waals surface area contributed by atoms with Gasteiger partial charge in [-0.3, -0.25) is 4.57 Å². The molecule has 5 aromatic rings. The maximum atomic E-state index is 4.04. The Labute approximate surface area is 203 Å². The predicted octanol–water partition coefficient (Wildman–Crippen LogP) is 4.47. The summed E-state index contributed by atoms with van der Waals surface area (Å²) in [6, 6.07) is 28.5. The van der Waals surface area contributed by atoms with E-state index in [9.17, 15) is 0 Å². The molecule has 0 saturated heterocycles. The van der Waals surface area contributed by atoms with E-state index >= 15 is 0 Å². The monoisotopic (exact) mass is 460 g/mol. The summed E-state index contributed by atoms with van der Waals surface area (Å²) >= 11 is 0. The van der Waals surface area contributed by atoms with Crippen LogP contribution in [0.2, 0.25) is 0 Å². The maximum Gasteiger partial charge on any atom is 0.308 e. The number of fused-ring (bicyclic) bond motifs is 3. The summed E-state index contributed by atoms with van der Waals surface area (Å²) in [6.07, 6.45) is 3.49. The molecule has 0 unspecified atom stereocenters. The van der Waals surface area contributed by atoms with Crippen molar-refractivity contribution in [3.8, 4) is 22.4 Å². The third-order valence-electron chi connectivity index (χ3n) is 5.21. The van der Waals surface area contributed by atoms with Crippen LogP contribution < -0.4 is 4.57 Å². The first kappa shape index (κ1) is 22.3. The Hall–Kier alpha value is -2.42. The molecule has 0 fully saturated rings. The second-order valence-corrected chi connectivity index (χ2v) is 7.02. The van der Waals surface area contributed by atoms with E-state index in [1.807, 2.05) is 11.6 Å². The molecular weight excluding hydrogens is 442 g/mol. The van der Waals surface area contributed by atoms with Gasteiger partial charge < -0.3 is 0 Å². The van der Waals surface area contributed by atoms with Gasteiger partial charge in [0.05, 0.1) is 24.0 Å². The van der Waals surface area contributed by atoms with Crippen LogP contribution in [-0.4, -0.2) is 18.6 Å². The number of aryl methyl sites for hydroxylation is 2. The normalized spacial score (nSPS) is 10.5. The molecule has 1 heterocycles. The number of nitrogens with zero attached hydrogens (tertiary/aromatic N) is 3. The molecule has 3 nitrogen and oxygen atoms in total. The van der Waals surface area contributed by atoms with E-state index in [1.165, 1.54) is 16.2 Å². The third-order valence-corrected chi connectivity index (χ3v) is 5.21. The van der Waals surface area contributed by atoms with E-state index < -0.39 is 0 Å². The van der Waals surface area contributed by atoms with Crippen molar-refractivity contribution in [3.05, 3.63) is 90.9 Å². The van der Waals surface area contributed by atoms with Gasteiger partial charge in [-0.05, 0) is 15.9 Å². The molecule has 0 bridgehead atoms. The number of aromatic nitrogens is 3. The van der Waals surface area contributed by atoms with Crippen LogP contribution in [0.4, 0.5) is 0 Å². The Morgan fingerprint density at radius 2 is 1.57 bits per heavy atom. The van der Waals surface area contributed by atoms with Gasteiger partial charge in [-0.2, -0.15) is 35.4 Å². The molecule has 5 rings (SSSR count). The van der Waals surface area contributed by atoms with Gasteiger partial charge in [-0.25, -0.2) is 0 Å². The SMILES string of the molecule is Cc1ccc(-c2[c-]c3ccc4ccccc4c3cc2)[c-]c1-c1cnnc[n+]1C.[B].[Y]. The molecular formula is C25H18BN3Y-. The van der Waals surface area contributed by atoms with Crippen LogP contribution in [-0.2, 0) is 39.8 Å². The van der Waals surface area contributed by atoms with Crippen molar-refractivity contribution in [2.24, 2.45) is 7.05 Å². The summed E-state index contributed by atoms with van der Waals surface area (Å²) in [6.45, 7) is 2.09. The van der Waals surface area contributed by atoms with Gasteiger partial charge in [-0.1, -0.05) is 48.2 Å². The molecule has 4 radical (unpaired) electrons. The minimum Gasteiger partial charge on any atom is -0.262 e. The van der Waals surface area contributed by atoms with Crippen molar-refractivity contribution >= 4 is 30.0 Å². The molecule has 4 aromatic carbocycles. The Morgan fingerprint density at radius 1 is 0.800 bits per heavy atom. The summed E-state index contributed by atoms with van der Waals surface area (Å²) in [5, 5.41) is 12.8. The second-order valence-electron chi connectivity index (χ2n) is 7.02. The van der Waals surface area contributed by atoms with Crippen LogP contribution in [0.25, 0.3) is 43.9 Å². The second kappa shape index (κ2) is 9.16. The van der Waals surface area contributed by atoms with Gasteiger partial charge in [0, 0.05) is 41.1 Å². The predicted molar refractivity (Wildman–Crippen MR) is 117 cm³/mol. The fourth-order valence-electron chi connectivity index (χ4n) is 3.67. The molecule has 1 aromatic heterocycles. The van der Waals surface area contributed by atoms with Crippen LogP contribution >= 0.6 is 0 Å². The topological polar surface area (TPSA) is 29.7 Å². The van der Waals surface area contributed by atoms with Crippen molar-refractivity contribution in [1.29, 1.82) is 0 Å². The van der Waals surface area contributed by atoms with Crippen LogP contribution in [0.3, 0.4) is 0 Å². The number of hydrogen-bond acceptors (Lipinski definition) is 2. The first-order chi connectivity index (χ1) is 13.7.